The molecule has 0 fully saturated rings. The highest BCUT2D eigenvalue weighted by atomic mass is 32.1. The third kappa shape index (κ3) is 3.22. The van der Waals surface area contributed by atoms with Gasteiger partial charge in [-0.05, 0) is 54.1 Å². The second kappa shape index (κ2) is 7.59. The van der Waals surface area contributed by atoms with Gasteiger partial charge in [-0.2, -0.15) is 0 Å². The van der Waals surface area contributed by atoms with Gasteiger partial charge in [0.15, 0.2) is 11.5 Å². The molecule has 7 heteroatoms. The number of benzene rings is 1. The van der Waals surface area contributed by atoms with Gasteiger partial charge < -0.3 is 14.4 Å². The average molecular weight is 395 g/mol. The van der Waals surface area contributed by atoms with Gasteiger partial charge in [-0.1, -0.05) is 6.07 Å². The van der Waals surface area contributed by atoms with E-state index in [0.717, 1.165) is 16.9 Å². The van der Waals surface area contributed by atoms with E-state index in [1.165, 1.54) is 5.56 Å². The summed E-state index contributed by atoms with van der Waals surface area (Å²) in [6.45, 7) is 2.39. The highest BCUT2D eigenvalue weighted by Crippen LogP contribution is 2.42. The predicted octanol–water partition coefficient (Wildman–Crippen LogP) is 3.65. The zero-order chi connectivity index (χ0) is 19.7. The highest BCUT2D eigenvalue weighted by Gasteiger charge is 2.34. The topological polar surface area (TPSA) is 64.6 Å². The Labute approximate surface area is 167 Å². The molecule has 3 heterocycles. The third-order valence-electron chi connectivity index (χ3n) is 4.94. The molecule has 1 unspecified atom stereocenters. The molecule has 1 amide bonds. The summed E-state index contributed by atoms with van der Waals surface area (Å²) in [4.78, 5) is 24.8. The van der Waals surface area contributed by atoms with Crippen LogP contribution in [0.25, 0.3) is 0 Å². The lowest BCUT2D eigenvalue weighted by Gasteiger charge is -2.37. The number of aromatic nitrogens is 2. The SMILES string of the molecule is COc1cc2c(cc1OC)C(c1cccs1)N(C(=O)c1ccnc(C)n1)CC2. The molecule has 0 N–H and O–H groups in total. The smallest absolute Gasteiger partial charge is 0.273 e. The lowest BCUT2D eigenvalue weighted by Crippen LogP contribution is -2.40. The third-order valence-corrected chi connectivity index (χ3v) is 5.87. The van der Waals surface area contributed by atoms with E-state index in [9.17, 15) is 4.79 Å². The Morgan fingerprint density at radius 1 is 1.21 bits per heavy atom. The fraction of sp³-hybridized carbons (Fsp3) is 0.286. The van der Waals surface area contributed by atoms with Gasteiger partial charge in [-0.25, -0.2) is 9.97 Å². The van der Waals surface area contributed by atoms with Crippen molar-refractivity contribution >= 4 is 17.2 Å². The number of fused-ring (bicyclic) bond motifs is 1. The standard InChI is InChI=1S/C21H21N3O3S/c1-13-22-8-6-16(23-13)21(25)24-9-7-14-11-17(26-2)18(27-3)12-15(14)20(24)19-5-4-10-28-19/h4-6,8,10-12,20H,7,9H2,1-3H3. The lowest BCUT2D eigenvalue weighted by molar-refractivity contribution is 0.0690. The second-order valence-electron chi connectivity index (χ2n) is 6.56. The van der Waals surface area contributed by atoms with E-state index >= 15 is 0 Å². The number of carbonyl (C=O) groups excluding carboxylic acids is 1. The number of methoxy groups -OCH3 is 2. The second-order valence-corrected chi connectivity index (χ2v) is 7.54. The molecule has 28 heavy (non-hydrogen) atoms. The van der Waals surface area contributed by atoms with Gasteiger partial charge >= 0.3 is 0 Å². The Hall–Kier alpha value is -2.93. The first-order chi connectivity index (χ1) is 13.6. The molecule has 0 bridgehead atoms. The van der Waals surface area contributed by atoms with Crippen LogP contribution in [0.4, 0.5) is 0 Å². The van der Waals surface area contributed by atoms with Crippen LogP contribution in [-0.4, -0.2) is 41.5 Å². The number of hydrogen-bond donors (Lipinski definition) is 0. The summed E-state index contributed by atoms with van der Waals surface area (Å²) in [6.07, 6.45) is 2.37. The van der Waals surface area contributed by atoms with Gasteiger partial charge in [0, 0.05) is 17.6 Å². The average Bonchev–Trinajstić information content (AvgIpc) is 3.25. The Morgan fingerprint density at radius 3 is 2.68 bits per heavy atom. The molecule has 0 aliphatic carbocycles. The van der Waals surface area contributed by atoms with Crippen LogP contribution in [0.15, 0.2) is 41.9 Å². The predicted molar refractivity (Wildman–Crippen MR) is 107 cm³/mol. The highest BCUT2D eigenvalue weighted by molar-refractivity contribution is 7.10. The fourth-order valence-electron chi connectivity index (χ4n) is 3.64. The molecule has 1 aliphatic heterocycles. The van der Waals surface area contributed by atoms with E-state index in [1.54, 1.807) is 44.7 Å². The summed E-state index contributed by atoms with van der Waals surface area (Å²) in [7, 11) is 3.26. The molecule has 4 rings (SSSR count). The molecule has 0 saturated carbocycles. The van der Waals surface area contributed by atoms with Crippen molar-refractivity contribution in [2.75, 3.05) is 20.8 Å². The van der Waals surface area contributed by atoms with Crippen molar-refractivity contribution in [3.63, 3.8) is 0 Å². The summed E-state index contributed by atoms with van der Waals surface area (Å²) in [6, 6.07) is 9.56. The van der Waals surface area contributed by atoms with Gasteiger partial charge in [0.1, 0.15) is 11.5 Å². The quantitative estimate of drug-likeness (QED) is 0.675. The van der Waals surface area contributed by atoms with Gasteiger partial charge in [0.05, 0.1) is 20.3 Å². The molecule has 0 saturated heterocycles. The molecule has 1 atom stereocenters. The molecule has 1 aliphatic rings. The fourth-order valence-corrected chi connectivity index (χ4v) is 4.50. The maximum absolute atomic E-state index is 13.3. The zero-order valence-corrected chi connectivity index (χ0v) is 16.8. The number of nitrogens with zero attached hydrogens (tertiary/aromatic N) is 3. The minimum Gasteiger partial charge on any atom is -0.493 e. The first kappa shape index (κ1) is 18.4. The summed E-state index contributed by atoms with van der Waals surface area (Å²) in [5.41, 5.74) is 2.64. The summed E-state index contributed by atoms with van der Waals surface area (Å²) in [5, 5.41) is 2.03. The van der Waals surface area contributed by atoms with Crippen molar-refractivity contribution in [3.8, 4) is 11.5 Å². The number of hydrogen-bond acceptors (Lipinski definition) is 6. The normalized spacial score (nSPS) is 15.8. The maximum atomic E-state index is 13.3. The number of aryl methyl sites for hydroxylation is 1. The number of ether oxygens (including phenoxy) is 2. The maximum Gasteiger partial charge on any atom is 0.273 e. The van der Waals surface area contributed by atoms with E-state index in [-0.39, 0.29) is 11.9 Å². The van der Waals surface area contributed by atoms with Crippen molar-refractivity contribution < 1.29 is 14.3 Å². The molecular formula is C21H21N3O3S. The van der Waals surface area contributed by atoms with Crippen LogP contribution in [0.2, 0.25) is 0 Å². The lowest BCUT2D eigenvalue weighted by atomic mass is 9.90. The minimum atomic E-state index is -0.189. The minimum absolute atomic E-state index is 0.0932. The van der Waals surface area contributed by atoms with Crippen molar-refractivity contribution in [3.05, 3.63) is 69.4 Å². The van der Waals surface area contributed by atoms with Crippen molar-refractivity contribution in [1.29, 1.82) is 0 Å². The summed E-state index contributed by atoms with van der Waals surface area (Å²) >= 11 is 1.64. The molecule has 2 aromatic heterocycles. The first-order valence-electron chi connectivity index (χ1n) is 9.01. The van der Waals surface area contributed by atoms with Crippen LogP contribution < -0.4 is 9.47 Å². The van der Waals surface area contributed by atoms with Crippen LogP contribution in [0.1, 0.15) is 38.4 Å². The molecule has 0 radical (unpaired) electrons. The molecule has 144 valence electrons. The molecule has 6 nitrogen and oxygen atoms in total. The van der Waals surface area contributed by atoms with Crippen molar-refractivity contribution in [1.82, 2.24) is 14.9 Å². The van der Waals surface area contributed by atoms with Gasteiger partial charge in [0.25, 0.3) is 5.91 Å². The number of amides is 1. The van der Waals surface area contributed by atoms with E-state index in [2.05, 4.69) is 16.0 Å². The monoisotopic (exact) mass is 395 g/mol. The largest absolute Gasteiger partial charge is 0.493 e. The van der Waals surface area contributed by atoms with Crippen molar-refractivity contribution in [2.24, 2.45) is 0 Å². The van der Waals surface area contributed by atoms with Crippen LogP contribution in [0, 0.1) is 6.92 Å². The molecular weight excluding hydrogens is 374 g/mol. The van der Waals surface area contributed by atoms with Crippen molar-refractivity contribution in [2.45, 2.75) is 19.4 Å². The summed E-state index contributed by atoms with van der Waals surface area (Å²) < 4.78 is 11.0. The van der Waals surface area contributed by atoms with Crippen LogP contribution >= 0.6 is 11.3 Å². The Kier molecular flexibility index (Phi) is 5.00. The van der Waals surface area contributed by atoms with Crippen LogP contribution in [0.3, 0.4) is 0 Å². The van der Waals surface area contributed by atoms with Crippen LogP contribution in [0.5, 0.6) is 11.5 Å². The van der Waals surface area contributed by atoms with E-state index < -0.39 is 0 Å². The first-order valence-corrected chi connectivity index (χ1v) is 9.89. The molecule has 3 aromatic rings. The zero-order valence-electron chi connectivity index (χ0n) is 16.0. The Bertz CT molecular complexity index is 1000. The number of thiophene rings is 1. The van der Waals surface area contributed by atoms with Crippen LogP contribution in [-0.2, 0) is 6.42 Å². The summed E-state index contributed by atoms with van der Waals surface area (Å²) in [5.74, 6) is 1.86. The van der Waals surface area contributed by atoms with E-state index in [1.807, 2.05) is 28.5 Å². The van der Waals surface area contributed by atoms with Gasteiger partial charge in [-0.3, -0.25) is 4.79 Å². The van der Waals surface area contributed by atoms with Gasteiger partial charge in [-0.15, -0.1) is 11.3 Å². The van der Waals surface area contributed by atoms with E-state index in [0.29, 0.717) is 29.6 Å². The Balaban J connectivity index is 1.82. The number of rotatable bonds is 4. The van der Waals surface area contributed by atoms with Gasteiger partial charge in [0.2, 0.25) is 0 Å². The number of carbonyl (C=O) groups is 1. The molecule has 1 aromatic carbocycles. The Morgan fingerprint density at radius 2 is 2.00 bits per heavy atom. The molecule has 0 spiro atoms. The van der Waals surface area contributed by atoms with E-state index in [4.69, 9.17) is 9.47 Å².